The van der Waals surface area contributed by atoms with Gasteiger partial charge in [-0.2, -0.15) is 0 Å². The summed E-state index contributed by atoms with van der Waals surface area (Å²) in [6.45, 7) is -1.49. The lowest BCUT2D eigenvalue weighted by molar-refractivity contribution is 0.0234. The number of aliphatic hydroxyl groups is 6. The molecule has 2 atom stereocenters. The smallest absolute Gasteiger partial charge is 0.347 e. The first-order chi connectivity index (χ1) is 6.90. The zero-order valence-electron chi connectivity index (χ0n) is 7.80. The van der Waals surface area contributed by atoms with E-state index in [1.165, 1.54) is 0 Å². The van der Waals surface area contributed by atoms with Crippen LogP contribution in [-0.4, -0.2) is 68.5 Å². The molecule has 0 radical (unpaired) electrons. The van der Waals surface area contributed by atoms with Crippen LogP contribution in [0.4, 0.5) is 0 Å². The van der Waals surface area contributed by atoms with Crippen molar-refractivity contribution < 1.29 is 39.8 Å². The Kier molecular flexibility index (Phi) is 11.6. The van der Waals surface area contributed by atoms with Crippen LogP contribution in [0.2, 0.25) is 0 Å². The van der Waals surface area contributed by atoms with E-state index in [1.807, 2.05) is 0 Å². The Morgan fingerprint density at radius 1 is 0.867 bits per heavy atom. The second-order valence-electron chi connectivity index (χ2n) is 2.47. The third-order valence-electron chi connectivity index (χ3n) is 1.17. The maximum Gasteiger partial charge on any atom is 0.347 e. The summed E-state index contributed by atoms with van der Waals surface area (Å²) < 4.78 is 19.6. The lowest BCUT2D eigenvalue weighted by Crippen LogP contribution is -2.24. The third kappa shape index (κ3) is 9.95. The molecule has 15 heavy (non-hydrogen) atoms. The summed E-state index contributed by atoms with van der Waals surface area (Å²) in [4.78, 5) is 0. The van der Waals surface area contributed by atoms with E-state index in [9.17, 15) is 9.13 Å². The van der Waals surface area contributed by atoms with E-state index in [1.54, 1.807) is 0 Å². The topological polar surface area (TPSA) is 156 Å². The maximum absolute atomic E-state index is 9.82. The van der Waals surface area contributed by atoms with Crippen molar-refractivity contribution in [2.24, 2.45) is 0 Å². The fraction of sp³-hybridized carbons (Fsp3) is 1.00. The Morgan fingerprint density at radius 2 is 1.27 bits per heavy atom. The molecule has 0 bridgehead atoms. The first kappa shape index (κ1) is 17.1. The van der Waals surface area contributed by atoms with Gasteiger partial charge in [-0.15, -0.1) is 0 Å². The lowest BCUT2D eigenvalue weighted by Gasteiger charge is -2.05. The number of rotatable bonds is 5. The lowest BCUT2D eigenvalue weighted by atomic mass is 10.4. The minimum absolute atomic E-state index is 0.365. The molecule has 0 aliphatic carbocycles. The molecule has 2 unspecified atom stereocenters. The van der Waals surface area contributed by atoms with Crippen LogP contribution in [-0.2, 0) is 9.13 Å². The van der Waals surface area contributed by atoms with Crippen LogP contribution in [0, 0.1) is 0 Å². The van der Waals surface area contributed by atoms with E-state index in [4.69, 9.17) is 30.6 Å². The quantitative estimate of drug-likeness (QED) is 0.283. The highest BCUT2D eigenvalue weighted by Gasteiger charge is 2.19. The van der Waals surface area contributed by atoms with Crippen molar-refractivity contribution >= 4 is 7.68 Å². The zero-order valence-corrected chi connectivity index (χ0v) is 8.69. The van der Waals surface area contributed by atoms with Crippen molar-refractivity contribution in [3.63, 3.8) is 0 Å². The molecule has 0 aliphatic heterocycles. The van der Waals surface area contributed by atoms with E-state index in [2.05, 4.69) is 0 Å². The van der Waals surface area contributed by atoms with Crippen molar-refractivity contribution in [3.05, 3.63) is 0 Å². The second kappa shape index (κ2) is 10.2. The molecule has 0 aromatic heterocycles. The van der Waals surface area contributed by atoms with Crippen molar-refractivity contribution in [1.29, 1.82) is 0 Å². The molecule has 0 aromatic rings. The van der Waals surface area contributed by atoms with Crippen LogP contribution >= 0.6 is 7.68 Å². The highest BCUT2D eigenvalue weighted by atomic mass is 31.1. The molecule has 0 aliphatic rings. The van der Waals surface area contributed by atoms with Gasteiger partial charge in [-0.25, -0.2) is 9.13 Å². The molecule has 0 saturated carbocycles. The summed E-state index contributed by atoms with van der Waals surface area (Å²) in [5.41, 5.74) is 0. The molecule has 0 saturated heterocycles. The molecular formula is C6H15O8P. The number of hydrogen-bond acceptors (Lipinski definition) is 8. The average Bonchev–Trinajstić information content (AvgIpc) is 2.26. The van der Waals surface area contributed by atoms with Gasteiger partial charge in [0, 0.05) is 0 Å². The van der Waals surface area contributed by atoms with E-state index >= 15 is 0 Å². The van der Waals surface area contributed by atoms with Crippen LogP contribution in [0.3, 0.4) is 0 Å². The first-order valence-corrected chi connectivity index (χ1v) is 5.15. The van der Waals surface area contributed by atoms with Gasteiger partial charge in [0.2, 0.25) is 0 Å². The molecule has 0 rings (SSSR count). The monoisotopic (exact) mass is 246 g/mol. The molecule has 0 spiro atoms. The SMILES string of the molecule is O=P(=O)C(O)C(O)CO.OCC(O)CO. The molecule has 6 N–H and O–H groups in total. The summed E-state index contributed by atoms with van der Waals surface area (Å²) in [5, 5.41) is 48.9. The Balaban J connectivity index is 0. The van der Waals surface area contributed by atoms with Crippen molar-refractivity contribution in [1.82, 2.24) is 0 Å². The molecule has 0 amide bonds. The van der Waals surface area contributed by atoms with Crippen LogP contribution < -0.4 is 0 Å². The van der Waals surface area contributed by atoms with Gasteiger partial charge in [-0.1, -0.05) is 0 Å². The van der Waals surface area contributed by atoms with E-state index < -0.39 is 32.3 Å². The normalized spacial score (nSPS) is 14.1. The number of hydrogen-bond donors (Lipinski definition) is 6. The van der Waals surface area contributed by atoms with Gasteiger partial charge < -0.3 is 30.6 Å². The van der Waals surface area contributed by atoms with Gasteiger partial charge in [0.25, 0.3) is 0 Å². The van der Waals surface area contributed by atoms with Crippen molar-refractivity contribution in [2.75, 3.05) is 19.8 Å². The third-order valence-corrected chi connectivity index (χ3v) is 1.94. The molecule has 0 heterocycles. The summed E-state index contributed by atoms with van der Waals surface area (Å²) in [5.74, 6) is -1.86. The maximum atomic E-state index is 9.82. The molecule has 9 heteroatoms. The zero-order chi connectivity index (χ0) is 12.4. The molecule has 0 aromatic carbocycles. The summed E-state index contributed by atoms with van der Waals surface area (Å²) >= 11 is 0. The van der Waals surface area contributed by atoms with Gasteiger partial charge in [-0.05, 0) is 0 Å². The van der Waals surface area contributed by atoms with E-state index in [0.717, 1.165) is 0 Å². The Morgan fingerprint density at radius 3 is 1.33 bits per heavy atom. The largest absolute Gasteiger partial charge is 0.394 e. The van der Waals surface area contributed by atoms with Gasteiger partial charge in [-0.3, -0.25) is 0 Å². The van der Waals surface area contributed by atoms with Gasteiger partial charge in [0.1, 0.15) is 12.2 Å². The van der Waals surface area contributed by atoms with Crippen LogP contribution in [0.15, 0.2) is 0 Å². The standard InChI is InChI=1S/C3H7O5P.C3H8O3/c4-1-2(5)3(6)9(7)8;4-1-3(6)2-5/h2-6H,1H2;3-6H,1-2H2. The molecule has 92 valence electrons. The Bertz CT molecular complexity index is 193. The average molecular weight is 246 g/mol. The van der Waals surface area contributed by atoms with Crippen molar-refractivity contribution in [3.8, 4) is 0 Å². The molecular weight excluding hydrogens is 231 g/mol. The van der Waals surface area contributed by atoms with E-state index in [-0.39, 0.29) is 13.2 Å². The second-order valence-corrected chi connectivity index (χ2v) is 3.57. The van der Waals surface area contributed by atoms with Crippen molar-refractivity contribution in [2.45, 2.75) is 18.1 Å². The van der Waals surface area contributed by atoms with Gasteiger partial charge in [0.05, 0.1) is 19.8 Å². The fourth-order valence-electron chi connectivity index (χ4n) is 0.293. The molecule has 0 fully saturated rings. The summed E-state index contributed by atoms with van der Waals surface area (Å²) in [7, 11) is -3.06. The first-order valence-electron chi connectivity index (χ1n) is 3.90. The Labute approximate surface area is 86.2 Å². The van der Waals surface area contributed by atoms with Gasteiger partial charge >= 0.3 is 7.68 Å². The predicted octanol–water partition coefficient (Wildman–Crippen LogP) is -2.84. The minimum atomic E-state index is -3.06. The van der Waals surface area contributed by atoms with Gasteiger partial charge in [0.15, 0.2) is 5.85 Å². The highest BCUT2D eigenvalue weighted by molar-refractivity contribution is 7.31. The fourth-order valence-corrected chi connectivity index (χ4v) is 0.668. The van der Waals surface area contributed by atoms with Crippen LogP contribution in [0.5, 0.6) is 0 Å². The number of aliphatic hydroxyl groups excluding tert-OH is 6. The summed E-state index contributed by atoms with van der Waals surface area (Å²) in [6, 6.07) is 0. The highest BCUT2D eigenvalue weighted by Crippen LogP contribution is 2.14. The molecule has 8 nitrogen and oxygen atoms in total. The minimum Gasteiger partial charge on any atom is -0.394 e. The van der Waals surface area contributed by atoms with Crippen LogP contribution in [0.1, 0.15) is 0 Å². The summed E-state index contributed by atoms with van der Waals surface area (Å²) in [6.07, 6.45) is -2.55. The van der Waals surface area contributed by atoms with Crippen LogP contribution in [0.25, 0.3) is 0 Å². The Hall–Kier alpha value is -0.340. The predicted molar refractivity (Wildman–Crippen MR) is 47.6 cm³/mol. The van der Waals surface area contributed by atoms with E-state index in [0.29, 0.717) is 0 Å².